The Balaban J connectivity index is 0.000000509. The zero-order valence-electron chi connectivity index (χ0n) is 10.8. The molecule has 0 bridgehead atoms. The summed E-state index contributed by atoms with van der Waals surface area (Å²) in [4.78, 5) is 10.3. The fourth-order valence-corrected chi connectivity index (χ4v) is 1.51. The Kier molecular flexibility index (Phi) is 7.27. The van der Waals surface area contributed by atoms with Gasteiger partial charge in [-0.15, -0.1) is 0 Å². The minimum atomic E-state index is -0.0248. The molecular formula is C14H23NO. The monoisotopic (exact) mass is 221 g/mol. The van der Waals surface area contributed by atoms with E-state index in [0.29, 0.717) is 0 Å². The molecule has 1 amide bonds. The highest BCUT2D eigenvalue weighted by Gasteiger charge is 2.43. The van der Waals surface area contributed by atoms with E-state index in [0.717, 1.165) is 19.3 Å². The molecule has 0 saturated heterocycles. The Morgan fingerprint density at radius 1 is 1.06 bits per heavy atom. The molecule has 1 N–H and O–H groups in total. The van der Waals surface area contributed by atoms with E-state index in [9.17, 15) is 4.79 Å². The molecular weight excluding hydrogens is 198 g/mol. The summed E-state index contributed by atoms with van der Waals surface area (Å²) >= 11 is 0. The van der Waals surface area contributed by atoms with Gasteiger partial charge >= 0.3 is 0 Å². The first-order valence-electron chi connectivity index (χ1n) is 6.14. The van der Waals surface area contributed by atoms with Crippen LogP contribution in [-0.4, -0.2) is 6.41 Å². The van der Waals surface area contributed by atoms with E-state index in [1.54, 1.807) is 0 Å². The highest BCUT2D eigenvalue weighted by Crippen LogP contribution is 2.44. The fraction of sp³-hybridized carbons (Fsp3) is 0.500. The van der Waals surface area contributed by atoms with Crippen LogP contribution in [0.15, 0.2) is 30.3 Å². The molecule has 2 heteroatoms. The maximum atomic E-state index is 10.3. The lowest BCUT2D eigenvalue weighted by Crippen LogP contribution is -2.27. The molecule has 0 unspecified atom stereocenters. The number of carbonyl (C=O) groups is 1. The maximum Gasteiger partial charge on any atom is 0.207 e. The second kappa shape index (κ2) is 7.91. The Hall–Kier alpha value is -1.31. The predicted octanol–water partition coefficient (Wildman–Crippen LogP) is 3.47. The number of amides is 1. The summed E-state index contributed by atoms with van der Waals surface area (Å²) in [6.45, 7) is 8.00. The van der Waals surface area contributed by atoms with Crippen LogP contribution in [0.4, 0.5) is 0 Å². The van der Waals surface area contributed by atoms with Crippen LogP contribution in [0.2, 0.25) is 0 Å². The molecule has 0 spiro atoms. The second-order valence-corrected chi connectivity index (χ2v) is 3.21. The third kappa shape index (κ3) is 3.69. The summed E-state index contributed by atoms with van der Waals surface area (Å²) < 4.78 is 0. The van der Waals surface area contributed by atoms with Gasteiger partial charge in [0.15, 0.2) is 0 Å². The van der Waals surface area contributed by atoms with Crippen molar-refractivity contribution in [2.45, 2.75) is 46.1 Å². The second-order valence-electron chi connectivity index (χ2n) is 3.21. The first-order valence-corrected chi connectivity index (χ1v) is 6.14. The molecule has 0 heterocycles. The zero-order valence-corrected chi connectivity index (χ0v) is 10.8. The van der Waals surface area contributed by atoms with E-state index in [2.05, 4.69) is 17.4 Å². The summed E-state index contributed by atoms with van der Waals surface area (Å²) in [5.74, 6) is 0. The minimum absolute atomic E-state index is 0.0248. The topological polar surface area (TPSA) is 29.1 Å². The summed E-state index contributed by atoms with van der Waals surface area (Å²) in [5, 5.41) is 2.87. The van der Waals surface area contributed by atoms with Crippen LogP contribution in [0.3, 0.4) is 0 Å². The molecule has 90 valence electrons. The van der Waals surface area contributed by atoms with Gasteiger partial charge in [0.25, 0.3) is 0 Å². The minimum Gasteiger partial charge on any atom is -0.349 e. The van der Waals surface area contributed by atoms with Gasteiger partial charge in [-0.25, -0.2) is 0 Å². The van der Waals surface area contributed by atoms with E-state index in [1.807, 2.05) is 45.9 Å². The van der Waals surface area contributed by atoms with Crippen molar-refractivity contribution in [2.75, 3.05) is 0 Å². The predicted molar refractivity (Wildman–Crippen MR) is 69.2 cm³/mol. The van der Waals surface area contributed by atoms with Gasteiger partial charge in [0, 0.05) is 0 Å². The largest absolute Gasteiger partial charge is 0.349 e. The van der Waals surface area contributed by atoms with Gasteiger partial charge in [0.2, 0.25) is 6.41 Å². The number of carbonyl (C=O) groups excluding carboxylic acids is 1. The lowest BCUT2D eigenvalue weighted by Gasteiger charge is -2.13. The van der Waals surface area contributed by atoms with Crippen LogP contribution in [0.5, 0.6) is 0 Å². The number of benzene rings is 1. The van der Waals surface area contributed by atoms with Crippen molar-refractivity contribution >= 4 is 6.41 Å². The van der Waals surface area contributed by atoms with Crippen molar-refractivity contribution in [3.05, 3.63) is 35.9 Å². The molecule has 1 aliphatic rings. The molecule has 0 aromatic heterocycles. The molecule has 1 aromatic rings. The van der Waals surface area contributed by atoms with Crippen molar-refractivity contribution in [2.24, 2.45) is 0 Å². The van der Waals surface area contributed by atoms with Crippen molar-refractivity contribution in [1.82, 2.24) is 5.32 Å². The molecule has 1 aliphatic carbocycles. The Morgan fingerprint density at radius 3 is 1.94 bits per heavy atom. The molecule has 2 rings (SSSR count). The standard InChI is InChI=1S/C10H11NO.2C2H6/c12-8-11-10(6-7-10)9-4-2-1-3-5-9;2*1-2/h1-5,8H,6-7H2,(H,11,12);2*1-2H3. The number of nitrogens with one attached hydrogen (secondary N) is 1. The van der Waals surface area contributed by atoms with Crippen molar-refractivity contribution < 1.29 is 4.79 Å². The van der Waals surface area contributed by atoms with Crippen LogP contribution in [0.1, 0.15) is 46.1 Å². The number of hydrogen-bond acceptors (Lipinski definition) is 1. The highest BCUT2D eigenvalue weighted by atomic mass is 16.1. The van der Waals surface area contributed by atoms with Gasteiger partial charge in [-0.1, -0.05) is 58.0 Å². The average molecular weight is 221 g/mol. The normalized spacial score (nSPS) is 14.5. The number of hydrogen-bond donors (Lipinski definition) is 1. The molecule has 2 nitrogen and oxygen atoms in total. The summed E-state index contributed by atoms with van der Waals surface area (Å²) in [6, 6.07) is 10.1. The van der Waals surface area contributed by atoms with Crippen molar-refractivity contribution in [3.8, 4) is 0 Å². The average Bonchev–Trinajstić information content (AvgIpc) is 3.17. The van der Waals surface area contributed by atoms with Gasteiger partial charge in [0.1, 0.15) is 0 Å². The smallest absolute Gasteiger partial charge is 0.207 e. The van der Waals surface area contributed by atoms with Gasteiger partial charge in [0.05, 0.1) is 5.54 Å². The molecule has 1 fully saturated rings. The lowest BCUT2D eigenvalue weighted by molar-refractivity contribution is -0.110. The quantitative estimate of drug-likeness (QED) is 0.778. The van der Waals surface area contributed by atoms with E-state index in [4.69, 9.17) is 0 Å². The Bertz CT molecular complexity index is 278. The van der Waals surface area contributed by atoms with Gasteiger partial charge in [-0.3, -0.25) is 4.79 Å². The van der Waals surface area contributed by atoms with Crippen LogP contribution in [-0.2, 0) is 10.3 Å². The molecule has 16 heavy (non-hydrogen) atoms. The third-order valence-corrected chi connectivity index (χ3v) is 2.41. The van der Waals surface area contributed by atoms with Gasteiger partial charge in [-0.2, -0.15) is 0 Å². The molecule has 1 saturated carbocycles. The molecule has 0 atom stereocenters. The SMILES string of the molecule is CC.CC.O=CNC1(c2ccccc2)CC1. The van der Waals surface area contributed by atoms with Crippen LogP contribution >= 0.6 is 0 Å². The number of rotatable bonds is 3. The Morgan fingerprint density at radius 2 is 1.56 bits per heavy atom. The van der Waals surface area contributed by atoms with Gasteiger partial charge < -0.3 is 5.32 Å². The maximum absolute atomic E-state index is 10.3. The summed E-state index contributed by atoms with van der Waals surface area (Å²) in [7, 11) is 0. The van der Waals surface area contributed by atoms with E-state index < -0.39 is 0 Å². The summed E-state index contributed by atoms with van der Waals surface area (Å²) in [5.41, 5.74) is 1.19. The zero-order chi connectivity index (χ0) is 12.4. The van der Waals surface area contributed by atoms with Crippen molar-refractivity contribution in [3.63, 3.8) is 0 Å². The van der Waals surface area contributed by atoms with Crippen LogP contribution in [0, 0.1) is 0 Å². The van der Waals surface area contributed by atoms with E-state index >= 15 is 0 Å². The Labute approximate surface area is 99.1 Å². The fourth-order valence-electron chi connectivity index (χ4n) is 1.51. The van der Waals surface area contributed by atoms with E-state index in [1.165, 1.54) is 5.56 Å². The molecule has 0 aliphatic heterocycles. The van der Waals surface area contributed by atoms with E-state index in [-0.39, 0.29) is 5.54 Å². The van der Waals surface area contributed by atoms with Crippen LogP contribution in [0.25, 0.3) is 0 Å². The molecule has 0 radical (unpaired) electrons. The van der Waals surface area contributed by atoms with Crippen molar-refractivity contribution in [1.29, 1.82) is 0 Å². The first kappa shape index (κ1) is 14.7. The third-order valence-electron chi connectivity index (χ3n) is 2.41. The highest BCUT2D eigenvalue weighted by molar-refractivity contribution is 5.51. The summed E-state index contributed by atoms with van der Waals surface area (Å²) in [6.07, 6.45) is 2.92. The molecule has 1 aromatic carbocycles. The van der Waals surface area contributed by atoms with Gasteiger partial charge in [-0.05, 0) is 18.4 Å². The van der Waals surface area contributed by atoms with Crippen LogP contribution < -0.4 is 5.32 Å². The first-order chi connectivity index (χ1) is 7.87. The lowest BCUT2D eigenvalue weighted by atomic mass is 10.1.